The van der Waals surface area contributed by atoms with Crippen LogP contribution in [0.25, 0.3) is 0 Å². The van der Waals surface area contributed by atoms with Crippen molar-refractivity contribution >= 4 is 22.9 Å². The number of aryl methyl sites for hydroxylation is 2. The third-order valence-electron chi connectivity index (χ3n) is 2.97. The van der Waals surface area contributed by atoms with E-state index in [-0.39, 0.29) is 11.9 Å². The van der Waals surface area contributed by atoms with E-state index in [0.29, 0.717) is 6.54 Å². The molecule has 0 saturated carbocycles. The molecule has 1 aromatic carbocycles. The van der Waals surface area contributed by atoms with Gasteiger partial charge in [0, 0.05) is 17.6 Å². The first-order chi connectivity index (χ1) is 9.54. The second kappa shape index (κ2) is 6.63. The average molecular weight is 289 g/mol. The van der Waals surface area contributed by atoms with Gasteiger partial charge in [-0.05, 0) is 32.9 Å². The molecule has 1 unspecified atom stereocenters. The molecule has 20 heavy (non-hydrogen) atoms. The van der Waals surface area contributed by atoms with Gasteiger partial charge in [-0.2, -0.15) is 0 Å². The maximum atomic E-state index is 12.0. The monoisotopic (exact) mass is 289 g/mol. The van der Waals surface area contributed by atoms with Crippen LogP contribution < -0.4 is 10.6 Å². The summed E-state index contributed by atoms with van der Waals surface area (Å²) in [6, 6.07) is 7.50. The van der Waals surface area contributed by atoms with Crippen LogP contribution in [0.15, 0.2) is 29.6 Å². The molecule has 2 aromatic rings. The molecule has 0 saturated heterocycles. The normalized spacial score (nSPS) is 12.2. The molecule has 0 spiro atoms. The highest BCUT2D eigenvalue weighted by Crippen LogP contribution is 2.10. The van der Waals surface area contributed by atoms with Crippen molar-refractivity contribution < 1.29 is 4.79 Å². The topological polar surface area (TPSA) is 54.0 Å². The molecule has 1 aromatic heterocycles. The second-order valence-electron chi connectivity index (χ2n) is 4.82. The summed E-state index contributed by atoms with van der Waals surface area (Å²) in [5.74, 6) is -0.0409. The van der Waals surface area contributed by atoms with E-state index in [2.05, 4.69) is 15.6 Å². The lowest BCUT2D eigenvalue weighted by Crippen LogP contribution is -2.37. The van der Waals surface area contributed by atoms with E-state index in [1.165, 1.54) is 5.56 Å². The zero-order chi connectivity index (χ0) is 14.5. The number of nitrogens with zero attached hydrogens (tertiary/aromatic N) is 1. The number of amides is 1. The maximum Gasteiger partial charge on any atom is 0.241 e. The fourth-order valence-corrected chi connectivity index (χ4v) is 2.34. The Morgan fingerprint density at radius 3 is 2.60 bits per heavy atom. The Bertz CT molecular complexity index is 577. The molecule has 106 valence electrons. The standard InChI is InChI=1S/C15H19N3OS/c1-10-4-6-13(7-5-10)18-15(19)11(2)16-8-14-9-20-12(3)17-14/h4-7,9,11,16H,8H2,1-3H3,(H,18,19). The molecule has 0 radical (unpaired) electrons. The largest absolute Gasteiger partial charge is 0.325 e. The first-order valence-electron chi connectivity index (χ1n) is 6.56. The Morgan fingerprint density at radius 1 is 1.30 bits per heavy atom. The van der Waals surface area contributed by atoms with Crippen molar-refractivity contribution in [1.82, 2.24) is 10.3 Å². The van der Waals surface area contributed by atoms with Crippen molar-refractivity contribution in [2.75, 3.05) is 5.32 Å². The van der Waals surface area contributed by atoms with Crippen LogP contribution in [0, 0.1) is 13.8 Å². The Morgan fingerprint density at radius 2 is 2.00 bits per heavy atom. The van der Waals surface area contributed by atoms with Gasteiger partial charge in [0.05, 0.1) is 16.7 Å². The lowest BCUT2D eigenvalue weighted by atomic mass is 10.2. The predicted octanol–water partition coefficient (Wildman–Crippen LogP) is 2.88. The molecule has 0 aliphatic rings. The molecular formula is C15H19N3OS. The minimum atomic E-state index is -0.265. The van der Waals surface area contributed by atoms with Crippen LogP contribution in [0.1, 0.15) is 23.2 Å². The Hall–Kier alpha value is -1.72. The molecule has 1 heterocycles. The molecule has 5 heteroatoms. The van der Waals surface area contributed by atoms with Crippen LogP contribution in [0.3, 0.4) is 0 Å². The highest BCUT2D eigenvalue weighted by Gasteiger charge is 2.12. The SMILES string of the molecule is Cc1ccc(NC(=O)C(C)NCc2csc(C)n2)cc1. The number of nitrogens with one attached hydrogen (secondary N) is 2. The van der Waals surface area contributed by atoms with Crippen LogP contribution in [-0.4, -0.2) is 16.9 Å². The summed E-state index contributed by atoms with van der Waals surface area (Å²) in [5, 5.41) is 9.11. The molecule has 0 bridgehead atoms. The number of rotatable bonds is 5. The maximum absolute atomic E-state index is 12.0. The van der Waals surface area contributed by atoms with E-state index in [0.717, 1.165) is 16.4 Å². The quantitative estimate of drug-likeness (QED) is 0.890. The van der Waals surface area contributed by atoms with Gasteiger partial charge in [-0.3, -0.25) is 4.79 Å². The summed E-state index contributed by atoms with van der Waals surface area (Å²) in [7, 11) is 0. The molecule has 1 amide bonds. The first-order valence-corrected chi connectivity index (χ1v) is 7.44. The highest BCUT2D eigenvalue weighted by molar-refractivity contribution is 7.09. The van der Waals surface area contributed by atoms with E-state index < -0.39 is 0 Å². The Labute approximate surface area is 123 Å². The van der Waals surface area contributed by atoms with Gasteiger partial charge in [0.15, 0.2) is 0 Å². The van der Waals surface area contributed by atoms with Gasteiger partial charge in [0.2, 0.25) is 5.91 Å². The van der Waals surface area contributed by atoms with Crippen molar-refractivity contribution in [1.29, 1.82) is 0 Å². The first kappa shape index (κ1) is 14.7. The van der Waals surface area contributed by atoms with Crippen LogP contribution in [0.5, 0.6) is 0 Å². The highest BCUT2D eigenvalue weighted by atomic mass is 32.1. The number of carbonyl (C=O) groups is 1. The van der Waals surface area contributed by atoms with Crippen LogP contribution in [0.2, 0.25) is 0 Å². The fourth-order valence-electron chi connectivity index (χ4n) is 1.73. The lowest BCUT2D eigenvalue weighted by molar-refractivity contribution is -0.117. The summed E-state index contributed by atoms with van der Waals surface area (Å²) < 4.78 is 0. The number of thiazole rings is 1. The molecule has 4 nitrogen and oxygen atoms in total. The Kier molecular flexibility index (Phi) is 4.87. The number of carbonyl (C=O) groups excluding carboxylic acids is 1. The molecular weight excluding hydrogens is 270 g/mol. The van der Waals surface area contributed by atoms with Gasteiger partial charge in [-0.15, -0.1) is 11.3 Å². The third-order valence-corrected chi connectivity index (χ3v) is 3.79. The van der Waals surface area contributed by atoms with Crippen molar-refractivity contribution in [3.05, 3.63) is 45.9 Å². The zero-order valence-corrected chi connectivity index (χ0v) is 12.8. The molecule has 0 fully saturated rings. The Balaban J connectivity index is 1.84. The minimum absolute atomic E-state index is 0.0409. The van der Waals surface area contributed by atoms with Gasteiger partial charge in [0.1, 0.15) is 0 Å². The van der Waals surface area contributed by atoms with Gasteiger partial charge >= 0.3 is 0 Å². The number of hydrogen-bond donors (Lipinski definition) is 2. The number of aromatic nitrogens is 1. The van der Waals surface area contributed by atoms with Crippen LogP contribution in [-0.2, 0) is 11.3 Å². The average Bonchev–Trinajstić information content (AvgIpc) is 2.84. The molecule has 0 aliphatic carbocycles. The third kappa shape index (κ3) is 4.15. The number of benzene rings is 1. The van der Waals surface area contributed by atoms with E-state index in [9.17, 15) is 4.79 Å². The summed E-state index contributed by atoms with van der Waals surface area (Å²) in [6.45, 7) is 6.45. The second-order valence-corrected chi connectivity index (χ2v) is 5.88. The summed E-state index contributed by atoms with van der Waals surface area (Å²) in [5.41, 5.74) is 2.97. The summed E-state index contributed by atoms with van der Waals surface area (Å²) in [6.07, 6.45) is 0. The van der Waals surface area contributed by atoms with Gasteiger partial charge in [-0.25, -0.2) is 4.98 Å². The smallest absolute Gasteiger partial charge is 0.241 e. The van der Waals surface area contributed by atoms with E-state index in [4.69, 9.17) is 0 Å². The lowest BCUT2D eigenvalue weighted by Gasteiger charge is -2.13. The van der Waals surface area contributed by atoms with Crippen molar-refractivity contribution in [3.8, 4) is 0 Å². The zero-order valence-electron chi connectivity index (χ0n) is 11.9. The minimum Gasteiger partial charge on any atom is -0.325 e. The van der Waals surface area contributed by atoms with E-state index >= 15 is 0 Å². The van der Waals surface area contributed by atoms with Crippen molar-refractivity contribution in [3.63, 3.8) is 0 Å². The fraction of sp³-hybridized carbons (Fsp3) is 0.333. The van der Waals surface area contributed by atoms with Crippen LogP contribution in [0.4, 0.5) is 5.69 Å². The van der Waals surface area contributed by atoms with Gasteiger partial charge in [0.25, 0.3) is 0 Å². The van der Waals surface area contributed by atoms with Gasteiger partial charge < -0.3 is 10.6 Å². The number of hydrogen-bond acceptors (Lipinski definition) is 4. The van der Waals surface area contributed by atoms with Gasteiger partial charge in [-0.1, -0.05) is 17.7 Å². The summed E-state index contributed by atoms with van der Waals surface area (Å²) in [4.78, 5) is 16.4. The predicted molar refractivity (Wildman–Crippen MR) is 83.0 cm³/mol. The van der Waals surface area contributed by atoms with Crippen LogP contribution >= 0.6 is 11.3 Å². The van der Waals surface area contributed by atoms with Crippen molar-refractivity contribution in [2.45, 2.75) is 33.4 Å². The molecule has 2 rings (SSSR count). The number of anilines is 1. The van der Waals surface area contributed by atoms with E-state index in [1.54, 1.807) is 11.3 Å². The molecule has 1 atom stereocenters. The summed E-state index contributed by atoms with van der Waals surface area (Å²) >= 11 is 1.62. The molecule has 2 N–H and O–H groups in total. The van der Waals surface area contributed by atoms with E-state index in [1.807, 2.05) is 50.4 Å². The molecule has 0 aliphatic heterocycles. The van der Waals surface area contributed by atoms with Crippen molar-refractivity contribution in [2.24, 2.45) is 0 Å².